The SMILES string of the molecule is C[C@H](NC(=O)CNC(=O)[C@H](CCCCN)NC(=O)[C@H](CCCN=C(N)N)NC(=O)[C@H](C)NC(=O)[C@@H](N)Cc1ccccc1)C(=O)O. The van der Waals surface area contributed by atoms with Crippen LogP contribution in [0.15, 0.2) is 35.3 Å². The molecule has 0 spiro atoms. The summed E-state index contributed by atoms with van der Waals surface area (Å²) in [7, 11) is 0. The van der Waals surface area contributed by atoms with E-state index in [1.165, 1.54) is 13.8 Å². The van der Waals surface area contributed by atoms with Crippen molar-refractivity contribution in [1.29, 1.82) is 0 Å². The third kappa shape index (κ3) is 15.8. The number of carboxylic acids is 1. The summed E-state index contributed by atoms with van der Waals surface area (Å²) in [6.45, 7) is 2.69. The highest BCUT2D eigenvalue weighted by Gasteiger charge is 2.29. The van der Waals surface area contributed by atoms with Gasteiger partial charge < -0.3 is 54.6 Å². The predicted octanol–water partition coefficient (Wildman–Crippen LogP) is -3.08. The van der Waals surface area contributed by atoms with Crippen LogP contribution in [0, 0.1) is 0 Å². The Hall–Kier alpha value is -4.77. The van der Waals surface area contributed by atoms with Crippen LogP contribution in [0.1, 0.15) is 51.5 Å². The average Bonchev–Trinajstić information content (AvgIpc) is 3.00. The third-order valence-corrected chi connectivity index (χ3v) is 6.72. The number of aliphatic imine (C=N–C) groups is 1. The minimum atomic E-state index is -1.25. The summed E-state index contributed by atoms with van der Waals surface area (Å²) in [5.41, 5.74) is 23.2. The quantitative estimate of drug-likeness (QED) is 0.0362. The molecule has 17 nitrogen and oxygen atoms in total. The molecular formula is C29H48N10O7. The van der Waals surface area contributed by atoms with E-state index in [1.54, 1.807) is 0 Å². The number of amides is 5. The molecule has 1 aromatic carbocycles. The maximum absolute atomic E-state index is 13.4. The van der Waals surface area contributed by atoms with Crippen LogP contribution in [0.4, 0.5) is 0 Å². The zero-order valence-electron chi connectivity index (χ0n) is 26.3. The van der Waals surface area contributed by atoms with Gasteiger partial charge in [0.15, 0.2) is 5.96 Å². The van der Waals surface area contributed by atoms with E-state index >= 15 is 0 Å². The van der Waals surface area contributed by atoms with Crippen LogP contribution >= 0.6 is 0 Å². The summed E-state index contributed by atoms with van der Waals surface area (Å²) in [4.78, 5) is 79.0. The van der Waals surface area contributed by atoms with E-state index in [0.29, 0.717) is 19.4 Å². The maximum atomic E-state index is 13.4. The number of nitrogens with zero attached hydrogens (tertiary/aromatic N) is 1. The van der Waals surface area contributed by atoms with Crippen LogP contribution in [0.3, 0.4) is 0 Å². The van der Waals surface area contributed by atoms with Crippen molar-refractivity contribution in [3.63, 3.8) is 0 Å². The first-order chi connectivity index (χ1) is 21.7. The van der Waals surface area contributed by atoms with Gasteiger partial charge in [-0.05, 0) is 64.5 Å². The molecule has 46 heavy (non-hydrogen) atoms. The van der Waals surface area contributed by atoms with Crippen LogP contribution in [0.5, 0.6) is 0 Å². The maximum Gasteiger partial charge on any atom is 0.325 e. The number of carboxylic acid groups (broad SMARTS) is 1. The normalized spacial score (nSPS) is 13.9. The van der Waals surface area contributed by atoms with Gasteiger partial charge in [-0.2, -0.15) is 0 Å². The van der Waals surface area contributed by atoms with Crippen molar-refractivity contribution in [1.82, 2.24) is 26.6 Å². The number of nitrogens with one attached hydrogen (secondary N) is 5. The van der Waals surface area contributed by atoms with Gasteiger partial charge in [-0.15, -0.1) is 0 Å². The Morgan fingerprint density at radius 2 is 1.39 bits per heavy atom. The van der Waals surface area contributed by atoms with Gasteiger partial charge in [0.1, 0.15) is 24.2 Å². The molecule has 14 N–H and O–H groups in total. The van der Waals surface area contributed by atoms with Crippen molar-refractivity contribution >= 4 is 41.5 Å². The molecule has 17 heteroatoms. The second-order valence-corrected chi connectivity index (χ2v) is 10.7. The second-order valence-electron chi connectivity index (χ2n) is 10.7. The van der Waals surface area contributed by atoms with E-state index in [0.717, 1.165) is 5.56 Å². The van der Waals surface area contributed by atoms with Gasteiger partial charge in [-0.3, -0.25) is 33.8 Å². The van der Waals surface area contributed by atoms with Gasteiger partial charge in [0.05, 0.1) is 12.6 Å². The van der Waals surface area contributed by atoms with Gasteiger partial charge >= 0.3 is 5.97 Å². The number of benzene rings is 1. The topological polar surface area (TPSA) is 299 Å². The Morgan fingerprint density at radius 3 is 2.00 bits per heavy atom. The molecule has 0 aromatic heterocycles. The molecule has 1 rings (SSSR count). The summed E-state index contributed by atoms with van der Waals surface area (Å²) in [6, 6.07) is 3.74. The molecule has 0 radical (unpaired) electrons. The number of guanidine groups is 1. The van der Waals surface area contributed by atoms with E-state index in [9.17, 15) is 28.8 Å². The van der Waals surface area contributed by atoms with Crippen LogP contribution in [0.2, 0.25) is 0 Å². The molecule has 0 unspecified atom stereocenters. The molecule has 0 fully saturated rings. The van der Waals surface area contributed by atoms with Crippen molar-refractivity contribution < 1.29 is 33.9 Å². The summed E-state index contributed by atoms with van der Waals surface area (Å²) in [5, 5.41) is 21.3. The number of hydrogen-bond donors (Lipinski definition) is 10. The Balaban J connectivity index is 2.95. The molecule has 0 aliphatic carbocycles. The number of rotatable bonds is 21. The predicted molar refractivity (Wildman–Crippen MR) is 171 cm³/mol. The summed E-state index contributed by atoms with van der Waals surface area (Å²) < 4.78 is 0. The van der Waals surface area contributed by atoms with E-state index in [4.69, 9.17) is 28.0 Å². The fourth-order valence-electron chi connectivity index (χ4n) is 4.09. The molecule has 0 aliphatic rings. The number of unbranched alkanes of at least 4 members (excludes halogenated alkanes) is 1. The van der Waals surface area contributed by atoms with Gasteiger partial charge in [0.2, 0.25) is 29.5 Å². The molecule has 256 valence electrons. The van der Waals surface area contributed by atoms with E-state index in [2.05, 4.69) is 31.6 Å². The first-order valence-electron chi connectivity index (χ1n) is 15.0. The second kappa shape index (κ2) is 21.1. The van der Waals surface area contributed by atoms with Gasteiger partial charge in [-0.1, -0.05) is 30.3 Å². The van der Waals surface area contributed by atoms with Crippen LogP contribution in [0.25, 0.3) is 0 Å². The lowest BCUT2D eigenvalue weighted by atomic mass is 10.1. The first-order valence-corrected chi connectivity index (χ1v) is 15.0. The van der Waals surface area contributed by atoms with Gasteiger partial charge in [0.25, 0.3) is 0 Å². The molecule has 0 saturated carbocycles. The number of carbonyl (C=O) groups excluding carboxylic acids is 5. The van der Waals surface area contributed by atoms with Gasteiger partial charge in [-0.25, -0.2) is 0 Å². The molecular weight excluding hydrogens is 600 g/mol. The van der Waals surface area contributed by atoms with E-state index in [-0.39, 0.29) is 38.2 Å². The van der Waals surface area contributed by atoms with Crippen molar-refractivity contribution in [3.8, 4) is 0 Å². The van der Waals surface area contributed by atoms with Crippen molar-refractivity contribution in [2.45, 2.75) is 82.6 Å². The average molecular weight is 649 g/mol. The van der Waals surface area contributed by atoms with Crippen LogP contribution < -0.4 is 49.5 Å². The van der Waals surface area contributed by atoms with Gasteiger partial charge in [0, 0.05) is 6.54 Å². The zero-order valence-corrected chi connectivity index (χ0v) is 26.3. The highest BCUT2D eigenvalue weighted by Crippen LogP contribution is 2.06. The number of hydrogen-bond acceptors (Lipinski definition) is 9. The van der Waals surface area contributed by atoms with Crippen LogP contribution in [-0.4, -0.2) is 96.4 Å². The first kappa shape index (κ1) is 39.3. The van der Waals surface area contributed by atoms with Crippen molar-refractivity contribution in [2.75, 3.05) is 19.6 Å². The lowest BCUT2D eigenvalue weighted by molar-refractivity contribution is -0.141. The summed E-state index contributed by atoms with van der Waals surface area (Å²) >= 11 is 0. The lowest BCUT2D eigenvalue weighted by Crippen LogP contribution is -2.57. The molecule has 0 heterocycles. The minimum absolute atomic E-state index is 0.0785. The van der Waals surface area contributed by atoms with Crippen molar-refractivity contribution in [2.24, 2.45) is 27.9 Å². The molecule has 0 aliphatic heterocycles. The Bertz CT molecular complexity index is 1190. The van der Waals surface area contributed by atoms with E-state index < -0.39 is 72.3 Å². The standard InChI is InChI=1S/C29H48N10O7/c1-17(37-25(42)20(31)15-19-9-4-3-5-10-19)24(41)38-22(12-8-14-34-29(32)33)27(44)39-21(11-6-7-13-30)26(43)35-16-23(40)36-18(2)28(45)46/h3-5,9-10,17-18,20-22H,6-8,11-16,30-31H2,1-2H3,(H,35,43)(H,36,40)(H,37,42)(H,38,41)(H,39,44)(H,45,46)(H4,32,33,34)/t17-,18-,20-,21-,22-/m0/s1. The van der Waals surface area contributed by atoms with Crippen LogP contribution in [-0.2, 0) is 35.2 Å². The molecule has 0 saturated heterocycles. The zero-order chi connectivity index (χ0) is 34.6. The van der Waals surface area contributed by atoms with E-state index in [1.807, 2.05) is 30.3 Å². The number of aliphatic carboxylic acids is 1. The largest absolute Gasteiger partial charge is 0.480 e. The number of carbonyl (C=O) groups is 6. The lowest BCUT2D eigenvalue weighted by Gasteiger charge is -2.25. The highest BCUT2D eigenvalue weighted by atomic mass is 16.4. The smallest absolute Gasteiger partial charge is 0.325 e. The Kier molecular flexibility index (Phi) is 18.0. The number of nitrogens with two attached hydrogens (primary N) is 4. The molecule has 5 amide bonds. The Morgan fingerprint density at radius 1 is 0.783 bits per heavy atom. The Labute approximate surface area is 268 Å². The fraction of sp³-hybridized carbons (Fsp3) is 0.552. The monoisotopic (exact) mass is 648 g/mol. The fourth-order valence-corrected chi connectivity index (χ4v) is 4.09. The molecule has 0 bridgehead atoms. The summed E-state index contributed by atoms with van der Waals surface area (Å²) in [5.74, 6) is -4.75. The molecule has 1 aromatic rings. The minimum Gasteiger partial charge on any atom is -0.480 e. The van der Waals surface area contributed by atoms with Crippen molar-refractivity contribution in [3.05, 3.63) is 35.9 Å². The highest BCUT2D eigenvalue weighted by molar-refractivity contribution is 5.95. The summed E-state index contributed by atoms with van der Waals surface area (Å²) in [6.07, 6.45) is 1.80. The molecule has 5 atom stereocenters. The third-order valence-electron chi connectivity index (χ3n) is 6.72.